The third kappa shape index (κ3) is 7.25. The molecule has 0 radical (unpaired) electrons. The number of hydrogen-bond acceptors (Lipinski definition) is 3. The minimum Gasteiger partial charge on any atom is -0.356 e. The normalized spacial score (nSPS) is 10.0. The monoisotopic (exact) mass is 290 g/mol. The predicted molar refractivity (Wildman–Crippen MR) is 81.1 cm³/mol. The SMILES string of the molecule is CC(=O)NCCCNC(=O)CCC(=O)c1ccc(C)cc1. The molecule has 0 aromatic heterocycles. The molecule has 2 N–H and O–H groups in total. The highest BCUT2D eigenvalue weighted by Gasteiger charge is 2.08. The molecule has 0 spiro atoms. The van der Waals surface area contributed by atoms with Crippen molar-refractivity contribution in [2.75, 3.05) is 13.1 Å². The van der Waals surface area contributed by atoms with E-state index >= 15 is 0 Å². The zero-order valence-electron chi connectivity index (χ0n) is 12.6. The standard InChI is InChI=1S/C16H22N2O3/c1-12-4-6-14(7-5-12)15(20)8-9-16(21)18-11-3-10-17-13(2)19/h4-7H,3,8-11H2,1-2H3,(H,17,19)(H,18,21). The molecular weight excluding hydrogens is 268 g/mol. The van der Waals surface area contributed by atoms with Crippen LogP contribution in [0.3, 0.4) is 0 Å². The molecule has 0 bridgehead atoms. The summed E-state index contributed by atoms with van der Waals surface area (Å²) in [4.78, 5) is 34.1. The van der Waals surface area contributed by atoms with E-state index in [9.17, 15) is 14.4 Å². The lowest BCUT2D eigenvalue weighted by atomic mass is 10.1. The number of carbonyl (C=O) groups excluding carboxylic acids is 3. The van der Waals surface area contributed by atoms with Crippen molar-refractivity contribution in [2.24, 2.45) is 0 Å². The van der Waals surface area contributed by atoms with Crippen LogP contribution in [0.4, 0.5) is 0 Å². The molecule has 0 aliphatic carbocycles. The highest BCUT2D eigenvalue weighted by molar-refractivity contribution is 5.97. The number of rotatable bonds is 8. The summed E-state index contributed by atoms with van der Waals surface area (Å²) >= 11 is 0. The van der Waals surface area contributed by atoms with Crippen LogP contribution in [0.15, 0.2) is 24.3 Å². The van der Waals surface area contributed by atoms with E-state index in [1.54, 1.807) is 12.1 Å². The largest absolute Gasteiger partial charge is 0.356 e. The minimum absolute atomic E-state index is 0.0246. The Morgan fingerprint density at radius 3 is 2.19 bits per heavy atom. The molecule has 0 unspecified atom stereocenters. The zero-order chi connectivity index (χ0) is 15.7. The number of nitrogens with one attached hydrogen (secondary N) is 2. The summed E-state index contributed by atoms with van der Waals surface area (Å²) in [5.74, 6) is -0.244. The highest BCUT2D eigenvalue weighted by Crippen LogP contribution is 2.07. The van der Waals surface area contributed by atoms with Gasteiger partial charge in [-0.3, -0.25) is 14.4 Å². The van der Waals surface area contributed by atoms with Gasteiger partial charge < -0.3 is 10.6 Å². The van der Waals surface area contributed by atoms with Gasteiger partial charge in [0.15, 0.2) is 5.78 Å². The van der Waals surface area contributed by atoms with E-state index in [0.29, 0.717) is 25.1 Å². The van der Waals surface area contributed by atoms with Crippen molar-refractivity contribution in [3.05, 3.63) is 35.4 Å². The van der Waals surface area contributed by atoms with Crippen molar-refractivity contribution >= 4 is 17.6 Å². The molecule has 0 saturated carbocycles. The molecule has 0 saturated heterocycles. The van der Waals surface area contributed by atoms with Crippen LogP contribution in [0.2, 0.25) is 0 Å². The molecule has 1 rings (SSSR count). The number of aryl methyl sites for hydroxylation is 1. The first-order valence-corrected chi connectivity index (χ1v) is 7.10. The Morgan fingerprint density at radius 1 is 0.952 bits per heavy atom. The summed E-state index contributed by atoms with van der Waals surface area (Å²) in [6.45, 7) is 4.45. The summed E-state index contributed by atoms with van der Waals surface area (Å²) in [7, 11) is 0. The van der Waals surface area contributed by atoms with Crippen LogP contribution >= 0.6 is 0 Å². The molecular formula is C16H22N2O3. The lowest BCUT2D eigenvalue weighted by molar-refractivity contribution is -0.121. The van der Waals surface area contributed by atoms with Gasteiger partial charge in [0.25, 0.3) is 0 Å². The lowest BCUT2D eigenvalue weighted by Gasteiger charge is -2.05. The Morgan fingerprint density at radius 2 is 1.57 bits per heavy atom. The van der Waals surface area contributed by atoms with E-state index in [4.69, 9.17) is 0 Å². The second-order valence-electron chi connectivity index (χ2n) is 4.98. The molecule has 21 heavy (non-hydrogen) atoms. The summed E-state index contributed by atoms with van der Waals surface area (Å²) in [5, 5.41) is 5.38. The average Bonchev–Trinajstić information content (AvgIpc) is 2.44. The first-order chi connectivity index (χ1) is 9.99. The van der Waals surface area contributed by atoms with Crippen LogP contribution in [-0.2, 0) is 9.59 Å². The number of carbonyl (C=O) groups is 3. The fourth-order valence-corrected chi connectivity index (χ4v) is 1.78. The Balaban J connectivity index is 2.19. The average molecular weight is 290 g/mol. The number of amides is 2. The van der Waals surface area contributed by atoms with E-state index in [2.05, 4.69) is 10.6 Å². The van der Waals surface area contributed by atoms with Gasteiger partial charge in [0.1, 0.15) is 0 Å². The van der Waals surface area contributed by atoms with Gasteiger partial charge in [-0.05, 0) is 13.3 Å². The Labute approximate surface area is 125 Å². The summed E-state index contributed by atoms with van der Waals surface area (Å²) < 4.78 is 0. The summed E-state index contributed by atoms with van der Waals surface area (Å²) in [5.41, 5.74) is 1.74. The second kappa shape index (κ2) is 8.89. The van der Waals surface area contributed by atoms with E-state index in [1.165, 1.54) is 6.92 Å². The van der Waals surface area contributed by atoms with E-state index < -0.39 is 0 Å². The Bertz CT molecular complexity index is 495. The van der Waals surface area contributed by atoms with Crippen molar-refractivity contribution in [1.82, 2.24) is 10.6 Å². The van der Waals surface area contributed by atoms with Crippen molar-refractivity contribution in [3.8, 4) is 0 Å². The van der Waals surface area contributed by atoms with Gasteiger partial charge in [-0.2, -0.15) is 0 Å². The van der Waals surface area contributed by atoms with Crippen LogP contribution in [0.1, 0.15) is 42.1 Å². The van der Waals surface area contributed by atoms with Crippen LogP contribution in [0, 0.1) is 6.92 Å². The first-order valence-electron chi connectivity index (χ1n) is 7.10. The third-order valence-corrected chi connectivity index (χ3v) is 3.00. The maximum atomic E-state index is 11.9. The van der Waals surface area contributed by atoms with Gasteiger partial charge >= 0.3 is 0 Å². The number of hydrogen-bond donors (Lipinski definition) is 2. The molecule has 1 aromatic rings. The second-order valence-corrected chi connectivity index (χ2v) is 4.98. The molecule has 5 nitrogen and oxygen atoms in total. The van der Waals surface area contributed by atoms with Crippen molar-refractivity contribution in [1.29, 1.82) is 0 Å². The van der Waals surface area contributed by atoms with Crippen LogP contribution in [0.5, 0.6) is 0 Å². The van der Waals surface area contributed by atoms with Crippen molar-refractivity contribution < 1.29 is 14.4 Å². The molecule has 2 amide bonds. The minimum atomic E-state index is -0.140. The summed E-state index contributed by atoms with van der Waals surface area (Å²) in [6.07, 6.45) is 1.07. The van der Waals surface area contributed by atoms with Gasteiger partial charge in [0.2, 0.25) is 11.8 Å². The molecule has 0 heterocycles. The zero-order valence-corrected chi connectivity index (χ0v) is 12.6. The third-order valence-electron chi connectivity index (χ3n) is 3.00. The molecule has 0 atom stereocenters. The maximum absolute atomic E-state index is 11.9. The van der Waals surface area contributed by atoms with Gasteiger partial charge in [-0.25, -0.2) is 0 Å². The topological polar surface area (TPSA) is 75.3 Å². The molecule has 0 fully saturated rings. The van der Waals surface area contributed by atoms with Gasteiger partial charge in [-0.15, -0.1) is 0 Å². The fourth-order valence-electron chi connectivity index (χ4n) is 1.78. The Hall–Kier alpha value is -2.17. The quantitative estimate of drug-likeness (QED) is 0.564. The number of ketones is 1. The van der Waals surface area contributed by atoms with Crippen molar-refractivity contribution in [2.45, 2.75) is 33.1 Å². The highest BCUT2D eigenvalue weighted by atomic mass is 16.2. The lowest BCUT2D eigenvalue weighted by Crippen LogP contribution is -2.28. The fraction of sp³-hybridized carbons (Fsp3) is 0.438. The van der Waals surface area contributed by atoms with E-state index in [-0.39, 0.29) is 30.4 Å². The molecule has 5 heteroatoms. The first kappa shape index (κ1) is 16.9. The molecule has 114 valence electrons. The van der Waals surface area contributed by atoms with Crippen LogP contribution < -0.4 is 10.6 Å². The number of benzene rings is 1. The predicted octanol–water partition coefficient (Wildman–Crippen LogP) is 1.60. The smallest absolute Gasteiger partial charge is 0.220 e. The van der Waals surface area contributed by atoms with Crippen LogP contribution in [-0.4, -0.2) is 30.7 Å². The van der Waals surface area contributed by atoms with Gasteiger partial charge in [0, 0.05) is 38.4 Å². The maximum Gasteiger partial charge on any atom is 0.220 e. The van der Waals surface area contributed by atoms with E-state index in [0.717, 1.165) is 5.56 Å². The molecule has 1 aromatic carbocycles. The molecule has 0 aliphatic heterocycles. The van der Waals surface area contributed by atoms with Crippen molar-refractivity contribution in [3.63, 3.8) is 0 Å². The molecule has 0 aliphatic rings. The Kier molecular flexibility index (Phi) is 7.15. The van der Waals surface area contributed by atoms with Gasteiger partial charge in [0.05, 0.1) is 0 Å². The van der Waals surface area contributed by atoms with Crippen LogP contribution in [0.25, 0.3) is 0 Å². The van der Waals surface area contributed by atoms with Gasteiger partial charge in [-0.1, -0.05) is 29.8 Å². The van der Waals surface area contributed by atoms with E-state index in [1.807, 2.05) is 19.1 Å². The summed E-state index contributed by atoms with van der Waals surface area (Å²) in [6, 6.07) is 7.33. The number of Topliss-reactive ketones (excluding diaryl/α,β-unsaturated/α-hetero) is 1.